The lowest BCUT2D eigenvalue weighted by Gasteiger charge is -2.43. The number of halogens is 1. The number of hydrogen-bond acceptors (Lipinski definition) is 8. The van der Waals surface area contributed by atoms with Crippen LogP contribution in [-0.4, -0.2) is 60.3 Å². The molecular weight excluding hydrogens is 514 g/mol. The first-order valence-electron chi connectivity index (χ1n) is 13.4. The van der Waals surface area contributed by atoms with E-state index in [9.17, 15) is 4.79 Å². The normalized spacial score (nSPS) is 17.3. The summed E-state index contributed by atoms with van der Waals surface area (Å²) < 4.78 is 11.9. The molecule has 5 heterocycles. The minimum absolute atomic E-state index is 0.0316. The molecule has 0 bridgehead atoms. The van der Waals surface area contributed by atoms with Crippen molar-refractivity contribution < 1.29 is 9.15 Å². The first-order chi connectivity index (χ1) is 18.9. The number of fused-ring (bicyclic) bond motifs is 1. The van der Waals surface area contributed by atoms with Crippen LogP contribution < -0.4 is 15.6 Å². The molecule has 1 aromatic carbocycles. The van der Waals surface area contributed by atoms with E-state index < -0.39 is 0 Å². The summed E-state index contributed by atoms with van der Waals surface area (Å²) in [4.78, 5) is 27.2. The minimum Gasteiger partial charge on any atom is -0.455 e. The second kappa shape index (κ2) is 10.6. The van der Waals surface area contributed by atoms with Gasteiger partial charge in [-0.15, -0.1) is 0 Å². The Hall–Kier alpha value is -3.46. The highest BCUT2D eigenvalue weighted by Gasteiger charge is 2.30. The zero-order valence-electron chi connectivity index (χ0n) is 22.4. The average molecular weight is 546 g/mol. The summed E-state index contributed by atoms with van der Waals surface area (Å²) in [6.45, 7) is 11.2. The summed E-state index contributed by atoms with van der Waals surface area (Å²) in [5, 5.41) is 4.69. The van der Waals surface area contributed by atoms with Crippen molar-refractivity contribution in [2.24, 2.45) is 0 Å². The SMILES string of the molecule is Cc1cc(C(C)Nc2ccc(Cl)nc2N2CCN(C3COC3)CC2)c2oc(-c3cccnc3)c(C)c(=O)c2c1. The van der Waals surface area contributed by atoms with Crippen LogP contribution in [0.1, 0.15) is 29.7 Å². The summed E-state index contributed by atoms with van der Waals surface area (Å²) >= 11 is 6.36. The number of piperazine rings is 1. The van der Waals surface area contributed by atoms with Gasteiger partial charge in [-0.3, -0.25) is 14.7 Å². The van der Waals surface area contributed by atoms with Crippen LogP contribution in [0.2, 0.25) is 5.15 Å². The monoisotopic (exact) mass is 545 g/mol. The number of anilines is 2. The molecule has 2 aliphatic heterocycles. The first kappa shape index (κ1) is 25.8. The van der Waals surface area contributed by atoms with E-state index in [1.807, 2.05) is 31.2 Å². The Balaban J connectivity index is 1.34. The topological polar surface area (TPSA) is 83.7 Å². The maximum atomic E-state index is 13.5. The van der Waals surface area contributed by atoms with Gasteiger partial charge < -0.3 is 19.4 Å². The van der Waals surface area contributed by atoms with E-state index in [1.165, 1.54) is 0 Å². The molecule has 202 valence electrons. The fraction of sp³-hybridized carbons (Fsp3) is 0.367. The van der Waals surface area contributed by atoms with Gasteiger partial charge in [-0.25, -0.2) is 4.98 Å². The Bertz CT molecular complexity index is 1560. The number of ether oxygens (including phenoxy) is 1. The minimum atomic E-state index is -0.171. The van der Waals surface area contributed by atoms with Crippen molar-refractivity contribution >= 4 is 34.1 Å². The molecule has 4 aromatic rings. The molecule has 6 rings (SSSR count). The molecule has 0 radical (unpaired) electrons. The summed E-state index contributed by atoms with van der Waals surface area (Å²) in [5.41, 5.74) is 4.69. The van der Waals surface area contributed by atoms with Crippen molar-refractivity contribution in [1.29, 1.82) is 0 Å². The van der Waals surface area contributed by atoms with Crippen LogP contribution in [0.4, 0.5) is 11.5 Å². The molecule has 0 aliphatic carbocycles. The molecular formula is C30H32ClN5O3. The lowest BCUT2D eigenvalue weighted by molar-refractivity contribution is -0.0660. The Morgan fingerprint density at radius 3 is 2.59 bits per heavy atom. The molecule has 0 saturated carbocycles. The van der Waals surface area contributed by atoms with Gasteiger partial charge >= 0.3 is 0 Å². The molecule has 2 fully saturated rings. The van der Waals surface area contributed by atoms with E-state index in [1.54, 1.807) is 25.4 Å². The molecule has 9 heteroatoms. The van der Waals surface area contributed by atoms with Crippen molar-refractivity contribution in [1.82, 2.24) is 14.9 Å². The molecule has 1 atom stereocenters. The van der Waals surface area contributed by atoms with Gasteiger partial charge in [0.15, 0.2) is 11.2 Å². The van der Waals surface area contributed by atoms with Crippen LogP contribution in [0.25, 0.3) is 22.3 Å². The molecule has 0 spiro atoms. The first-order valence-corrected chi connectivity index (χ1v) is 13.7. The maximum Gasteiger partial charge on any atom is 0.196 e. The highest BCUT2D eigenvalue weighted by molar-refractivity contribution is 6.29. The number of aryl methyl sites for hydroxylation is 1. The summed E-state index contributed by atoms with van der Waals surface area (Å²) in [5.74, 6) is 1.38. The van der Waals surface area contributed by atoms with Crippen LogP contribution in [-0.2, 0) is 4.74 Å². The molecule has 0 amide bonds. The molecule has 3 aromatic heterocycles. The predicted octanol–water partition coefficient (Wildman–Crippen LogP) is 5.21. The van der Waals surface area contributed by atoms with E-state index in [0.717, 1.165) is 67.6 Å². The van der Waals surface area contributed by atoms with Gasteiger partial charge in [-0.1, -0.05) is 17.7 Å². The highest BCUT2D eigenvalue weighted by Crippen LogP contribution is 2.34. The largest absolute Gasteiger partial charge is 0.455 e. The summed E-state index contributed by atoms with van der Waals surface area (Å²) in [6, 6.07) is 11.9. The third kappa shape index (κ3) is 5.00. The van der Waals surface area contributed by atoms with Gasteiger partial charge in [0.05, 0.1) is 36.4 Å². The predicted molar refractivity (Wildman–Crippen MR) is 155 cm³/mol. The van der Waals surface area contributed by atoms with Crippen LogP contribution in [0.15, 0.2) is 58.0 Å². The van der Waals surface area contributed by atoms with Gasteiger partial charge in [0.2, 0.25) is 0 Å². The van der Waals surface area contributed by atoms with Crippen LogP contribution >= 0.6 is 11.6 Å². The van der Waals surface area contributed by atoms with Crippen LogP contribution in [0, 0.1) is 13.8 Å². The highest BCUT2D eigenvalue weighted by atomic mass is 35.5. The fourth-order valence-electron chi connectivity index (χ4n) is 5.48. The Kier molecular flexibility index (Phi) is 7.01. The van der Waals surface area contributed by atoms with Crippen molar-refractivity contribution in [2.45, 2.75) is 32.9 Å². The van der Waals surface area contributed by atoms with Gasteiger partial charge in [0, 0.05) is 55.3 Å². The number of benzene rings is 1. The molecule has 1 unspecified atom stereocenters. The van der Waals surface area contributed by atoms with Crippen LogP contribution in [0.3, 0.4) is 0 Å². The lowest BCUT2D eigenvalue weighted by atomic mass is 9.99. The zero-order valence-corrected chi connectivity index (χ0v) is 23.2. The van der Waals surface area contributed by atoms with Crippen molar-refractivity contribution in [3.05, 3.63) is 80.9 Å². The Labute approximate surface area is 232 Å². The molecule has 2 aliphatic rings. The fourth-order valence-corrected chi connectivity index (χ4v) is 5.63. The van der Waals surface area contributed by atoms with Gasteiger partial charge in [0.1, 0.15) is 16.5 Å². The Morgan fingerprint density at radius 1 is 1.10 bits per heavy atom. The third-order valence-electron chi connectivity index (χ3n) is 7.75. The number of nitrogens with one attached hydrogen (secondary N) is 1. The second-order valence-electron chi connectivity index (χ2n) is 10.4. The van der Waals surface area contributed by atoms with E-state index in [2.05, 4.69) is 33.1 Å². The van der Waals surface area contributed by atoms with E-state index in [-0.39, 0.29) is 11.5 Å². The van der Waals surface area contributed by atoms with Crippen LogP contribution in [0.5, 0.6) is 0 Å². The third-order valence-corrected chi connectivity index (χ3v) is 7.96. The average Bonchev–Trinajstić information content (AvgIpc) is 2.91. The van der Waals surface area contributed by atoms with Gasteiger partial charge in [-0.05, 0) is 56.7 Å². The lowest BCUT2D eigenvalue weighted by Crippen LogP contribution is -2.56. The number of aromatic nitrogens is 2. The van der Waals surface area contributed by atoms with E-state index in [4.69, 9.17) is 25.7 Å². The zero-order chi connectivity index (χ0) is 27.1. The number of pyridine rings is 2. The quantitative estimate of drug-likeness (QED) is 0.330. The van der Waals surface area contributed by atoms with Crippen molar-refractivity contribution in [3.8, 4) is 11.3 Å². The van der Waals surface area contributed by atoms with Crippen molar-refractivity contribution in [3.63, 3.8) is 0 Å². The number of hydrogen-bond donors (Lipinski definition) is 1. The Morgan fingerprint density at radius 2 is 1.90 bits per heavy atom. The van der Waals surface area contributed by atoms with E-state index >= 15 is 0 Å². The summed E-state index contributed by atoms with van der Waals surface area (Å²) in [6.07, 6.45) is 3.42. The molecule has 8 nitrogen and oxygen atoms in total. The number of nitrogens with zero attached hydrogens (tertiary/aromatic N) is 4. The van der Waals surface area contributed by atoms with Crippen molar-refractivity contribution in [2.75, 3.05) is 49.6 Å². The van der Waals surface area contributed by atoms with E-state index in [0.29, 0.717) is 33.5 Å². The summed E-state index contributed by atoms with van der Waals surface area (Å²) in [7, 11) is 0. The van der Waals surface area contributed by atoms with Gasteiger partial charge in [0.25, 0.3) is 0 Å². The molecule has 39 heavy (non-hydrogen) atoms. The van der Waals surface area contributed by atoms with Gasteiger partial charge in [-0.2, -0.15) is 0 Å². The number of rotatable bonds is 6. The standard InChI is InChI=1S/C30H32ClN5O3/c1-18-13-23(29-24(14-18)27(37)19(2)28(39-29)21-5-4-8-32-15-21)20(3)33-25-6-7-26(31)34-30(25)36-11-9-35(10-12-36)22-16-38-17-22/h4-8,13-15,20,22,33H,9-12,16-17H2,1-3H3. The smallest absolute Gasteiger partial charge is 0.196 e. The molecule has 1 N–H and O–H groups in total. The second-order valence-corrected chi connectivity index (χ2v) is 10.8. The molecule has 2 saturated heterocycles. The maximum absolute atomic E-state index is 13.5.